The molecule has 76 valence electrons. The van der Waals surface area contributed by atoms with Gasteiger partial charge in [-0.25, -0.2) is 0 Å². The molecule has 0 radical (unpaired) electrons. The Labute approximate surface area is 83.4 Å². The molecule has 1 aliphatic heterocycles. The summed E-state index contributed by atoms with van der Waals surface area (Å²) in [6.45, 7) is 2.22. The van der Waals surface area contributed by atoms with Crippen LogP contribution in [0.25, 0.3) is 0 Å². The molecule has 2 unspecified atom stereocenters. The Morgan fingerprint density at radius 2 is 2.54 bits per heavy atom. The van der Waals surface area contributed by atoms with Crippen molar-refractivity contribution >= 4 is 17.7 Å². The zero-order valence-electron chi connectivity index (χ0n) is 7.99. The van der Waals surface area contributed by atoms with Gasteiger partial charge in [0.2, 0.25) is 0 Å². The Hall–Kier alpha value is -0.220. The van der Waals surface area contributed by atoms with Crippen molar-refractivity contribution in [2.75, 3.05) is 18.1 Å². The number of carbonyl (C=O) groups is 1. The lowest BCUT2D eigenvalue weighted by molar-refractivity contribution is -0.145. The van der Waals surface area contributed by atoms with E-state index in [4.69, 9.17) is 10.5 Å². The van der Waals surface area contributed by atoms with E-state index in [1.54, 1.807) is 6.92 Å². The van der Waals surface area contributed by atoms with E-state index < -0.39 is 6.04 Å². The molecular formula is C9H17NO2S. The number of hydrogen-bond donors (Lipinski definition) is 1. The highest BCUT2D eigenvalue weighted by molar-refractivity contribution is 7.99. The number of nitrogens with two attached hydrogens (primary N) is 1. The van der Waals surface area contributed by atoms with Crippen molar-refractivity contribution in [2.24, 2.45) is 11.7 Å². The minimum atomic E-state index is -0.413. The topological polar surface area (TPSA) is 52.3 Å². The monoisotopic (exact) mass is 203 g/mol. The van der Waals surface area contributed by atoms with E-state index in [1.807, 2.05) is 11.8 Å². The van der Waals surface area contributed by atoms with Crippen molar-refractivity contribution in [3.05, 3.63) is 0 Å². The summed E-state index contributed by atoms with van der Waals surface area (Å²) >= 11 is 1.94. The van der Waals surface area contributed by atoms with Gasteiger partial charge in [0, 0.05) is 0 Å². The molecule has 13 heavy (non-hydrogen) atoms. The average Bonchev–Trinajstić information content (AvgIpc) is 2.57. The van der Waals surface area contributed by atoms with Crippen LogP contribution in [0.1, 0.15) is 19.8 Å². The van der Waals surface area contributed by atoms with E-state index in [1.165, 1.54) is 12.2 Å². The van der Waals surface area contributed by atoms with Crippen LogP contribution in [0.4, 0.5) is 0 Å². The Morgan fingerprint density at radius 1 is 1.77 bits per heavy atom. The first kappa shape index (κ1) is 10.9. The van der Waals surface area contributed by atoms with Crippen LogP contribution in [0.15, 0.2) is 0 Å². The second kappa shape index (κ2) is 5.50. The molecule has 1 rings (SSSR count). The van der Waals surface area contributed by atoms with Gasteiger partial charge in [-0.2, -0.15) is 11.8 Å². The maximum atomic E-state index is 11.2. The van der Waals surface area contributed by atoms with Gasteiger partial charge < -0.3 is 10.5 Å². The summed E-state index contributed by atoms with van der Waals surface area (Å²) in [4.78, 5) is 11.2. The summed E-state index contributed by atoms with van der Waals surface area (Å²) in [6.07, 6.45) is 1.98. The number of esters is 1. The second-order valence-corrected chi connectivity index (χ2v) is 4.47. The summed E-state index contributed by atoms with van der Waals surface area (Å²) in [5.41, 5.74) is 5.70. The molecule has 1 aliphatic rings. The predicted molar refractivity (Wildman–Crippen MR) is 54.7 cm³/mol. The van der Waals surface area contributed by atoms with Gasteiger partial charge in [-0.1, -0.05) is 0 Å². The van der Waals surface area contributed by atoms with Crippen LogP contribution >= 0.6 is 11.8 Å². The van der Waals surface area contributed by atoms with Crippen molar-refractivity contribution in [3.63, 3.8) is 0 Å². The molecule has 1 heterocycles. The Morgan fingerprint density at radius 3 is 3.08 bits per heavy atom. The molecular weight excluding hydrogens is 186 g/mol. The largest absolute Gasteiger partial charge is 0.465 e. The standard InChI is InChI=1S/C9H17NO2S/c1-2-12-9(11)8(10)5-7-3-4-13-6-7/h7-8H,2-6,10H2,1H3. The summed E-state index contributed by atoms with van der Waals surface area (Å²) in [7, 11) is 0. The van der Waals surface area contributed by atoms with Crippen LogP contribution in [0, 0.1) is 5.92 Å². The van der Waals surface area contributed by atoms with Gasteiger partial charge in [0.15, 0.2) is 0 Å². The Bertz CT molecular complexity index is 169. The molecule has 0 bridgehead atoms. The smallest absolute Gasteiger partial charge is 0.322 e. The average molecular weight is 203 g/mol. The third-order valence-corrected chi connectivity index (χ3v) is 3.43. The van der Waals surface area contributed by atoms with Gasteiger partial charge in [0.05, 0.1) is 6.61 Å². The molecule has 1 saturated heterocycles. The summed E-state index contributed by atoms with van der Waals surface area (Å²) in [5.74, 6) is 2.72. The SMILES string of the molecule is CCOC(=O)C(N)CC1CCSC1. The molecule has 2 N–H and O–H groups in total. The Kier molecular flexibility index (Phi) is 4.59. The number of hydrogen-bond acceptors (Lipinski definition) is 4. The van der Waals surface area contributed by atoms with Crippen molar-refractivity contribution in [2.45, 2.75) is 25.8 Å². The lowest BCUT2D eigenvalue weighted by atomic mass is 10.00. The molecule has 0 aliphatic carbocycles. The van der Waals surface area contributed by atoms with Crippen molar-refractivity contribution in [1.82, 2.24) is 0 Å². The maximum absolute atomic E-state index is 11.2. The normalized spacial score (nSPS) is 24.3. The Balaban J connectivity index is 2.22. The first-order chi connectivity index (χ1) is 6.24. The number of carbonyl (C=O) groups excluding carboxylic acids is 1. The molecule has 0 aromatic carbocycles. The van der Waals surface area contributed by atoms with Crippen LogP contribution in [-0.4, -0.2) is 30.1 Å². The quantitative estimate of drug-likeness (QED) is 0.693. The van der Waals surface area contributed by atoms with Gasteiger partial charge in [0.25, 0.3) is 0 Å². The summed E-state index contributed by atoms with van der Waals surface area (Å²) < 4.78 is 4.84. The minimum Gasteiger partial charge on any atom is -0.465 e. The van der Waals surface area contributed by atoms with Crippen molar-refractivity contribution in [3.8, 4) is 0 Å². The first-order valence-electron chi connectivity index (χ1n) is 4.74. The molecule has 1 fully saturated rings. The van der Waals surface area contributed by atoms with E-state index in [2.05, 4.69) is 0 Å². The summed E-state index contributed by atoms with van der Waals surface area (Å²) in [6, 6.07) is -0.413. The third kappa shape index (κ3) is 3.56. The van der Waals surface area contributed by atoms with Crippen LogP contribution in [0.3, 0.4) is 0 Å². The molecule has 0 aromatic heterocycles. The highest BCUT2D eigenvalue weighted by atomic mass is 32.2. The van der Waals surface area contributed by atoms with Gasteiger partial charge >= 0.3 is 5.97 Å². The number of rotatable bonds is 4. The molecule has 3 nitrogen and oxygen atoms in total. The van der Waals surface area contributed by atoms with Crippen LogP contribution in [0.5, 0.6) is 0 Å². The minimum absolute atomic E-state index is 0.251. The van der Waals surface area contributed by atoms with E-state index in [-0.39, 0.29) is 5.97 Å². The molecule has 0 spiro atoms. The molecule has 0 saturated carbocycles. The molecule has 0 aromatic rings. The number of ether oxygens (including phenoxy) is 1. The van der Waals surface area contributed by atoms with Gasteiger partial charge in [-0.15, -0.1) is 0 Å². The number of thioether (sulfide) groups is 1. The summed E-state index contributed by atoms with van der Waals surface area (Å²) in [5, 5.41) is 0. The molecule has 0 amide bonds. The van der Waals surface area contributed by atoms with E-state index in [9.17, 15) is 4.79 Å². The van der Waals surface area contributed by atoms with Crippen LogP contribution < -0.4 is 5.73 Å². The lowest BCUT2D eigenvalue weighted by Crippen LogP contribution is -2.34. The van der Waals surface area contributed by atoms with Crippen molar-refractivity contribution in [1.29, 1.82) is 0 Å². The van der Waals surface area contributed by atoms with E-state index in [0.717, 1.165) is 12.2 Å². The molecule has 4 heteroatoms. The van der Waals surface area contributed by atoms with E-state index in [0.29, 0.717) is 12.5 Å². The maximum Gasteiger partial charge on any atom is 0.322 e. The van der Waals surface area contributed by atoms with Gasteiger partial charge in [-0.05, 0) is 37.2 Å². The fourth-order valence-electron chi connectivity index (χ4n) is 1.47. The zero-order chi connectivity index (χ0) is 9.68. The highest BCUT2D eigenvalue weighted by Crippen LogP contribution is 2.26. The lowest BCUT2D eigenvalue weighted by Gasteiger charge is -2.13. The van der Waals surface area contributed by atoms with E-state index >= 15 is 0 Å². The zero-order valence-corrected chi connectivity index (χ0v) is 8.81. The third-order valence-electron chi connectivity index (χ3n) is 2.20. The second-order valence-electron chi connectivity index (χ2n) is 3.32. The van der Waals surface area contributed by atoms with Crippen LogP contribution in [0.2, 0.25) is 0 Å². The molecule has 2 atom stereocenters. The fraction of sp³-hybridized carbons (Fsp3) is 0.889. The highest BCUT2D eigenvalue weighted by Gasteiger charge is 2.23. The fourth-order valence-corrected chi connectivity index (χ4v) is 2.78. The first-order valence-corrected chi connectivity index (χ1v) is 5.89. The van der Waals surface area contributed by atoms with Crippen molar-refractivity contribution < 1.29 is 9.53 Å². The van der Waals surface area contributed by atoms with Gasteiger partial charge in [0.1, 0.15) is 6.04 Å². The van der Waals surface area contributed by atoms with Crippen LogP contribution in [-0.2, 0) is 9.53 Å². The van der Waals surface area contributed by atoms with Gasteiger partial charge in [-0.3, -0.25) is 4.79 Å². The predicted octanol–water partition coefficient (Wildman–Crippen LogP) is 1.02.